The molecule has 0 amide bonds. The van der Waals surface area contributed by atoms with Crippen molar-refractivity contribution in [2.75, 3.05) is 26.9 Å². The molecular formula is C7H15NO4. The molecule has 0 aromatic carbocycles. The standard InChI is InChI=1S/C7H15NO4/c1-7(8,6(9)10)5-12-4-3-11-2/h3-5,8H2,1-2H3,(H,9,10). The van der Waals surface area contributed by atoms with Crippen LogP contribution in [0.1, 0.15) is 6.92 Å². The second kappa shape index (κ2) is 5.08. The summed E-state index contributed by atoms with van der Waals surface area (Å²) in [6.07, 6.45) is 0. The number of carbonyl (C=O) groups is 1. The highest BCUT2D eigenvalue weighted by atomic mass is 16.5. The van der Waals surface area contributed by atoms with Gasteiger partial charge in [-0.15, -0.1) is 0 Å². The van der Waals surface area contributed by atoms with Crippen LogP contribution in [0.3, 0.4) is 0 Å². The van der Waals surface area contributed by atoms with Gasteiger partial charge in [0.1, 0.15) is 5.54 Å². The fourth-order valence-corrected chi connectivity index (χ4v) is 0.488. The zero-order valence-electron chi connectivity index (χ0n) is 7.37. The van der Waals surface area contributed by atoms with Crippen LogP contribution in [-0.2, 0) is 14.3 Å². The third-order valence-electron chi connectivity index (χ3n) is 1.32. The molecule has 1 unspecified atom stereocenters. The average Bonchev–Trinajstić information content (AvgIpc) is 1.98. The Hall–Kier alpha value is -0.650. The summed E-state index contributed by atoms with van der Waals surface area (Å²) in [7, 11) is 1.54. The molecule has 0 aliphatic rings. The van der Waals surface area contributed by atoms with Gasteiger partial charge in [-0.2, -0.15) is 0 Å². The minimum Gasteiger partial charge on any atom is -0.480 e. The number of hydrogen-bond donors (Lipinski definition) is 2. The highest BCUT2D eigenvalue weighted by Gasteiger charge is 2.27. The monoisotopic (exact) mass is 177 g/mol. The quantitative estimate of drug-likeness (QED) is 0.532. The van der Waals surface area contributed by atoms with Gasteiger partial charge in [0.25, 0.3) is 0 Å². The Morgan fingerprint density at radius 2 is 2.17 bits per heavy atom. The summed E-state index contributed by atoms with van der Waals surface area (Å²) in [6, 6.07) is 0. The molecule has 0 spiro atoms. The van der Waals surface area contributed by atoms with Crippen molar-refractivity contribution in [1.82, 2.24) is 0 Å². The lowest BCUT2D eigenvalue weighted by atomic mass is 10.1. The molecule has 0 aromatic rings. The molecule has 0 bridgehead atoms. The number of aliphatic carboxylic acids is 1. The Balaban J connectivity index is 3.54. The van der Waals surface area contributed by atoms with Gasteiger partial charge in [-0.05, 0) is 6.92 Å². The van der Waals surface area contributed by atoms with E-state index in [9.17, 15) is 4.79 Å². The van der Waals surface area contributed by atoms with Crippen molar-refractivity contribution in [3.63, 3.8) is 0 Å². The number of nitrogens with two attached hydrogens (primary N) is 1. The first-order chi connectivity index (χ1) is 5.50. The van der Waals surface area contributed by atoms with Gasteiger partial charge in [0.05, 0.1) is 19.8 Å². The molecule has 0 rings (SSSR count). The van der Waals surface area contributed by atoms with Gasteiger partial charge in [0.2, 0.25) is 0 Å². The smallest absolute Gasteiger partial charge is 0.325 e. The summed E-state index contributed by atoms with van der Waals surface area (Å²) < 4.78 is 9.67. The molecule has 72 valence electrons. The molecule has 0 saturated carbocycles. The molecule has 0 aliphatic heterocycles. The first-order valence-corrected chi connectivity index (χ1v) is 3.59. The van der Waals surface area contributed by atoms with Crippen molar-refractivity contribution in [2.24, 2.45) is 5.73 Å². The summed E-state index contributed by atoms with van der Waals surface area (Å²) in [6.45, 7) is 2.19. The SMILES string of the molecule is COCCOCC(C)(N)C(=O)O. The Labute approximate surface area is 71.5 Å². The summed E-state index contributed by atoms with van der Waals surface area (Å²) >= 11 is 0. The highest BCUT2D eigenvalue weighted by Crippen LogP contribution is 1.99. The van der Waals surface area contributed by atoms with E-state index in [4.69, 9.17) is 20.3 Å². The summed E-state index contributed by atoms with van der Waals surface area (Å²) in [5.74, 6) is -1.07. The maximum atomic E-state index is 10.4. The van der Waals surface area contributed by atoms with Crippen LogP contribution in [0.15, 0.2) is 0 Å². The maximum Gasteiger partial charge on any atom is 0.325 e. The number of methoxy groups -OCH3 is 1. The van der Waals surface area contributed by atoms with Crippen LogP contribution in [-0.4, -0.2) is 43.5 Å². The Bertz CT molecular complexity index is 146. The first-order valence-electron chi connectivity index (χ1n) is 3.59. The molecule has 1 atom stereocenters. The van der Waals surface area contributed by atoms with E-state index in [1.807, 2.05) is 0 Å². The summed E-state index contributed by atoms with van der Waals surface area (Å²) in [5.41, 5.74) is 4.06. The second-order valence-electron chi connectivity index (χ2n) is 2.77. The van der Waals surface area contributed by atoms with Crippen molar-refractivity contribution < 1.29 is 19.4 Å². The molecular weight excluding hydrogens is 162 g/mol. The predicted octanol–water partition coefficient (Wildman–Crippen LogP) is -0.549. The van der Waals surface area contributed by atoms with E-state index < -0.39 is 11.5 Å². The van der Waals surface area contributed by atoms with Crippen molar-refractivity contribution in [1.29, 1.82) is 0 Å². The van der Waals surface area contributed by atoms with Gasteiger partial charge in [-0.3, -0.25) is 4.79 Å². The third-order valence-corrected chi connectivity index (χ3v) is 1.32. The predicted molar refractivity (Wildman–Crippen MR) is 42.9 cm³/mol. The van der Waals surface area contributed by atoms with Gasteiger partial charge in [0, 0.05) is 7.11 Å². The van der Waals surface area contributed by atoms with E-state index >= 15 is 0 Å². The van der Waals surface area contributed by atoms with E-state index in [0.29, 0.717) is 13.2 Å². The van der Waals surface area contributed by atoms with E-state index in [2.05, 4.69) is 0 Å². The summed E-state index contributed by atoms with van der Waals surface area (Å²) in [5, 5.41) is 8.56. The van der Waals surface area contributed by atoms with Gasteiger partial charge in [-0.25, -0.2) is 0 Å². The molecule has 12 heavy (non-hydrogen) atoms. The molecule has 0 radical (unpaired) electrons. The van der Waals surface area contributed by atoms with Crippen LogP contribution < -0.4 is 5.73 Å². The number of hydrogen-bond acceptors (Lipinski definition) is 4. The van der Waals surface area contributed by atoms with Crippen LogP contribution in [0, 0.1) is 0 Å². The van der Waals surface area contributed by atoms with Crippen LogP contribution in [0.5, 0.6) is 0 Å². The summed E-state index contributed by atoms with van der Waals surface area (Å²) in [4.78, 5) is 10.4. The van der Waals surface area contributed by atoms with Gasteiger partial charge < -0.3 is 20.3 Å². The van der Waals surface area contributed by atoms with Crippen LogP contribution in [0.2, 0.25) is 0 Å². The maximum absolute atomic E-state index is 10.4. The van der Waals surface area contributed by atoms with Crippen molar-refractivity contribution in [3.8, 4) is 0 Å². The highest BCUT2D eigenvalue weighted by molar-refractivity contribution is 5.77. The Kier molecular flexibility index (Phi) is 4.80. The average molecular weight is 177 g/mol. The number of rotatable bonds is 6. The van der Waals surface area contributed by atoms with Crippen molar-refractivity contribution in [2.45, 2.75) is 12.5 Å². The molecule has 5 heteroatoms. The second-order valence-corrected chi connectivity index (χ2v) is 2.77. The molecule has 0 aromatic heterocycles. The van der Waals surface area contributed by atoms with Gasteiger partial charge in [0.15, 0.2) is 0 Å². The fourth-order valence-electron chi connectivity index (χ4n) is 0.488. The molecule has 3 N–H and O–H groups in total. The lowest BCUT2D eigenvalue weighted by Crippen LogP contribution is -2.49. The topological polar surface area (TPSA) is 81.8 Å². The van der Waals surface area contributed by atoms with Crippen LogP contribution in [0.25, 0.3) is 0 Å². The molecule has 0 fully saturated rings. The zero-order valence-corrected chi connectivity index (χ0v) is 7.37. The Morgan fingerprint density at radius 1 is 1.58 bits per heavy atom. The van der Waals surface area contributed by atoms with Crippen molar-refractivity contribution >= 4 is 5.97 Å². The molecule has 0 saturated heterocycles. The molecule has 0 heterocycles. The minimum absolute atomic E-state index is 0.00824. The zero-order chi connectivity index (χ0) is 9.61. The first kappa shape index (κ1) is 11.4. The van der Waals surface area contributed by atoms with Crippen molar-refractivity contribution in [3.05, 3.63) is 0 Å². The lowest BCUT2D eigenvalue weighted by Gasteiger charge is -2.18. The number of ether oxygens (including phenoxy) is 2. The fraction of sp³-hybridized carbons (Fsp3) is 0.857. The number of carboxylic acids is 1. The Morgan fingerprint density at radius 3 is 2.58 bits per heavy atom. The van der Waals surface area contributed by atoms with E-state index in [0.717, 1.165) is 0 Å². The largest absolute Gasteiger partial charge is 0.480 e. The lowest BCUT2D eigenvalue weighted by molar-refractivity contribution is -0.145. The third kappa shape index (κ3) is 4.27. The van der Waals surface area contributed by atoms with E-state index in [1.165, 1.54) is 6.92 Å². The van der Waals surface area contributed by atoms with Gasteiger partial charge in [-0.1, -0.05) is 0 Å². The van der Waals surface area contributed by atoms with Crippen LogP contribution >= 0.6 is 0 Å². The minimum atomic E-state index is -1.31. The number of carboxylic acid groups (broad SMARTS) is 1. The normalized spacial score (nSPS) is 15.6. The molecule has 5 nitrogen and oxygen atoms in total. The van der Waals surface area contributed by atoms with Gasteiger partial charge >= 0.3 is 5.97 Å². The van der Waals surface area contributed by atoms with E-state index in [-0.39, 0.29) is 6.61 Å². The van der Waals surface area contributed by atoms with Crippen LogP contribution in [0.4, 0.5) is 0 Å². The molecule has 0 aliphatic carbocycles. The van der Waals surface area contributed by atoms with E-state index in [1.54, 1.807) is 7.11 Å².